The summed E-state index contributed by atoms with van der Waals surface area (Å²) in [5.74, 6) is -1.47. The first-order chi connectivity index (χ1) is 16.8. The molecule has 35 heavy (non-hydrogen) atoms. The highest BCUT2D eigenvalue weighted by atomic mass is 32.1. The molecule has 2 aromatic carbocycles. The molecule has 3 N–H and O–H groups in total. The number of fused-ring (bicyclic) bond motifs is 3. The Kier molecular flexibility index (Phi) is 7.26. The summed E-state index contributed by atoms with van der Waals surface area (Å²) < 4.78 is 5.49. The highest BCUT2D eigenvalue weighted by Gasteiger charge is 2.29. The summed E-state index contributed by atoms with van der Waals surface area (Å²) >= 11 is 1.17. The maximum Gasteiger partial charge on any atom is 0.407 e. The maximum atomic E-state index is 12.4. The average Bonchev–Trinajstić information content (AvgIpc) is 3.47. The molecular formula is C26H25N3O5S. The standard InChI is InChI=1S/C26H25N3O5S/c1-15(23(30)28-16(2)24-29-22(14-35-24)25(31)32)11-12-27-26(33)34-13-21-19-9-5-3-7-17(19)18-8-4-6-10-20(18)21/h3-11,14,16,21H,12-13H2,1-2H3,(H,27,33)(H,28,30)(H,31,32)/b15-11+. The number of carboxylic acids is 1. The average molecular weight is 492 g/mol. The van der Waals surface area contributed by atoms with E-state index < -0.39 is 18.1 Å². The number of thiazole rings is 1. The first-order valence-electron chi connectivity index (χ1n) is 11.1. The Hall–Kier alpha value is -3.98. The molecule has 1 aliphatic rings. The van der Waals surface area contributed by atoms with Crippen LogP contribution in [0, 0.1) is 0 Å². The van der Waals surface area contributed by atoms with Gasteiger partial charge < -0.3 is 20.5 Å². The van der Waals surface area contributed by atoms with Crippen molar-refractivity contribution in [2.45, 2.75) is 25.8 Å². The lowest BCUT2D eigenvalue weighted by Gasteiger charge is -2.14. The van der Waals surface area contributed by atoms with Gasteiger partial charge in [0, 0.05) is 23.4 Å². The molecule has 1 aromatic heterocycles. The molecule has 0 spiro atoms. The molecule has 1 heterocycles. The summed E-state index contributed by atoms with van der Waals surface area (Å²) in [4.78, 5) is 39.7. The number of rotatable bonds is 8. The fraction of sp³-hybridized carbons (Fsp3) is 0.231. The van der Waals surface area contributed by atoms with E-state index in [1.807, 2.05) is 24.3 Å². The molecule has 1 aliphatic carbocycles. The van der Waals surface area contributed by atoms with E-state index in [1.54, 1.807) is 19.9 Å². The number of carboxylic acid groups (broad SMARTS) is 1. The minimum atomic E-state index is -1.11. The summed E-state index contributed by atoms with van der Waals surface area (Å²) in [6, 6.07) is 15.8. The van der Waals surface area contributed by atoms with E-state index in [-0.39, 0.29) is 30.7 Å². The van der Waals surface area contributed by atoms with Crippen molar-refractivity contribution >= 4 is 29.3 Å². The molecule has 2 amide bonds. The smallest absolute Gasteiger partial charge is 0.407 e. The number of nitrogens with one attached hydrogen (secondary N) is 2. The van der Waals surface area contributed by atoms with E-state index in [2.05, 4.69) is 39.9 Å². The van der Waals surface area contributed by atoms with Crippen LogP contribution in [-0.4, -0.2) is 41.2 Å². The highest BCUT2D eigenvalue weighted by Crippen LogP contribution is 2.44. The number of carbonyl (C=O) groups is 3. The number of hydrogen-bond acceptors (Lipinski definition) is 6. The SMILES string of the molecule is C/C(=C\CNC(=O)OCC1c2ccccc2-c2ccccc21)C(=O)NC(C)c1nc(C(=O)O)cs1. The summed E-state index contributed by atoms with van der Waals surface area (Å²) in [6.45, 7) is 3.70. The van der Waals surface area contributed by atoms with E-state index in [1.165, 1.54) is 16.7 Å². The van der Waals surface area contributed by atoms with Crippen molar-refractivity contribution in [1.29, 1.82) is 0 Å². The molecule has 0 saturated carbocycles. The second-order valence-corrected chi connectivity index (χ2v) is 9.05. The van der Waals surface area contributed by atoms with Gasteiger partial charge in [-0.15, -0.1) is 11.3 Å². The van der Waals surface area contributed by atoms with Gasteiger partial charge in [0.2, 0.25) is 5.91 Å². The van der Waals surface area contributed by atoms with Gasteiger partial charge in [-0.3, -0.25) is 4.79 Å². The molecule has 0 bridgehead atoms. The number of hydrogen-bond donors (Lipinski definition) is 3. The van der Waals surface area contributed by atoms with Crippen LogP contribution < -0.4 is 10.6 Å². The van der Waals surface area contributed by atoms with Crippen molar-refractivity contribution in [3.63, 3.8) is 0 Å². The molecule has 0 saturated heterocycles. The molecular weight excluding hydrogens is 466 g/mol. The van der Waals surface area contributed by atoms with Gasteiger partial charge in [-0.1, -0.05) is 54.6 Å². The maximum absolute atomic E-state index is 12.4. The van der Waals surface area contributed by atoms with Crippen molar-refractivity contribution in [1.82, 2.24) is 15.6 Å². The summed E-state index contributed by atoms with van der Waals surface area (Å²) in [5.41, 5.74) is 4.95. The van der Waals surface area contributed by atoms with Crippen LogP contribution >= 0.6 is 11.3 Å². The first-order valence-corrected chi connectivity index (χ1v) is 12.0. The predicted molar refractivity (Wildman–Crippen MR) is 132 cm³/mol. The van der Waals surface area contributed by atoms with Crippen LogP contribution in [-0.2, 0) is 9.53 Å². The Morgan fingerprint density at radius 2 is 1.74 bits per heavy atom. The highest BCUT2D eigenvalue weighted by molar-refractivity contribution is 7.09. The van der Waals surface area contributed by atoms with Gasteiger partial charge in [0.1, 0.15) is 11.6 Å². The molecule has 3 aromatic rings. The minimum absolute atomic E-state index is 0.0230. The summed E-state index contributed by atoms with van der Waals surface area (Å²) in [5, 5.41) is 16.3. The Morgan fingerprint density at radius 1 is 1.11 bits per heavy atom. The second kappa shape index (κ2) is 10.5. The number of ether oxygens (including phenoxy) is 1. The van der Waals surface area contributed by atoms with Crippen LogP contribution in [0.25, 0.3) is 11.1 Å². The van der Waals surface area contributed by atoms with E-state index >= 15 is 0 Å². The van der Waals surface area contributed by atoms with Crippen molar-refractivity contribution in [3.8, 4) is 11.1 Å². The van der Waals surface area contributed by atoms with E-state index in [4.69, 9.17) is 9.84 Å². The molecule has 4 rings (SSSR count). The van der Waals surface area contributed by atoms with Crippen molar-refractivity contribution < 1.29 is 24.2 Å². The van der Waals surface area contributed by atoms with Gasteiger partial charge in [-0.05, 0) is 36.1 Å². The van der Waals surface area contributed by atoms with Crippen LogP contribution in [0.5, 0.6) is 0 Å². The van der Waals surface area contributed by atoms with Crippen LogP contribution in [0.3, 0.4) is 0 Å². The zero-order valence-electron chi connectivity index (χ0n) is 19.3. The fourth-order valence-corrected chi connectivity index (χ4v) is 4.79. The zero-order valence-corrected chi connectivity index (χ0v) is 20.1. The number of nitrogens with zero attached hydrogens (tertiary/aromatic N) is 1. The number of alkyl carbamates (subject to hydrolysis) is 1. The summed E-state index contributed by atoms with van der Waals surface area (Å²) in [6.07, 6.45) is 1.03. The minimum Gasteiger partial charge on any atom is -0.476 e. The molecule has 8 nitrogen and oxygen atoms in total. The Balaban J connectivity index is 1.27. The van der Waals surface area contributed by atoms with Gasteiger partial charge in [-0.25, -0.2) is 14.6 Å². The molecule has 180 valence electrons. The molecule has 9 heteroatoms. The third-order valence-corrected chi connectivity index (χ3v) is 6.84. The zero-order chi connectivity index (χ0) is 24.9. The Morgan fingerprint density at radius 3 is 2.34 bits per heavy atom. The van der Waals surface area contributed by atoms with Crippen LogP contribution in [0.4, 0.5) is 4.79 Å². The topological polar surface area (TPSA) is 118 Å². The van der Waals surface area contributed by atoms with Crippen molar-refractivity contribution in [3.05, 3.63) is 87.4 Å². The third-order valence-electron chi connectivity index (χ3n) is 5.82. The number of benzene rings is 2. The molecule has 0 aliphatic heterocycles. The second-order valence-electron chi connectivity index (χ2n) is 8.16. The van der Waals surface area contributed by atoms with Gasteiger partial charge in [0.05, 0.1) is 6.04 Å². The van der Waals surface area contributed by atoms with Gasteiger partial charge in [0.15, 0.2) is 5.69 Å². The molecule has 1 unspecified atom stereocenters. The Labute approximate surface area is 206 Å². The van der Waals surface area contributed by atoms with Crippen molar-refractivity contribution in [2.75, 3.05) is 13.2 Å². The van der Waals surface area contributed by atoms with Crippen molar-refractivity contribution in [2.24, 2.45) is 0 Å². The van der Waals surface area contributed by atoms with Gasteiger partial charge >= 0.3 is 12.1 Å². The van der Waals surface area contributed by atoms with Crippen LogP contribution in [0.15, 0.2) is 65.6 Å². The number of carbonyl (C=O) groups excluding carboxylic acids is 2. The number of aromatic nitrogens is 1. The van der Waals surface area contributed by atoms with Gasteiger partial charge in [0.25, 0.3) is 0 Å². The fourth-order valence-electron chi connectivity index (χ4n) is 3.99. The summed E-state index contributed by atoms with van der Waals surface area (Å²) in [7, 11) is 0. The van der Waals surface area contributed by atoms with E-state index in [0.29, 0.717) is 10.6 Å². The lowest BCUT2D eigenvalue weighted by atomic mass is 9.98. The molecule has 0 fully saturated rings. The van der Waals surface area contributed by atoms with E-state index in [0.717, 1.165) is 22.3 Å². The number of aromatic carboxylic acids is 1. The predicted octanol–water partition coefficient (Wildman–Crippen LogP) is 4.50. The van der Waals surface area contributed by atoms with Crippen LogP contribution in [0.1, 0.15) is 52.4 Å². The third kappa shape index (κ3) is 5.41. The Bertz CT molecular complexity index is 1250. The lowest BCUT2D eigenvalue weighted by Crippen LogP contribution is -2.29. The monoisotopic (exact) mass is 491 g/mol. The largest absolute Gasteiger partial charge is 0.476 e. The molecule has 0 radical (unpaired) electrons. The number of amides is 2. The normalized spacial score (nSPS) is 13.5. The molecule has 1 atom stereocenters. The quantitative estimate of drug-likeness (QED) is 0.399. The van der Waals surface area contributed by atoms with E-state index in [9.17, 15) is 14.4 Å². The first kappa shape index (κ1) is 24.2. The lowest BCUT2D eigenvalue weighted by molar-refractivity contribution is -0.118. The van der Waals surface area contributed by atoms with Crippen LogP contribution in [0.2, 0.25) is 0 Å². The van der Waals surface area contributed by atoms with Gasteiger partial charge in [-0.2, -0.15) is 0 Å².